The van der Waals surface area contributed by atoms with E-state index in [4.69, 9.17) is 17.3 Å². The van der Waals surface area contributed by atoms with Gasteiger partial charge in [0, 0.05) is 23.1 Å². The molecule has 4 N–H and O–H groups in total. The Bertz CT molecular complexity index is 956. The van der Waals surface area contributed by atoms with Crippen LogP contribution in [0.3, 0.4) is 0 Å². The lowest BCUT2D eigenvalue weighted by Crippen LogP contribution is -2.37. The molecule has 0 fully saturated rings. The van der Waals surface area contributed by atoms with Gasteiger partial charge >= 0.3 is 6.03 Å². The Balaban J connectivity index is 1.64. The van der Waals surface area contributed by atoms with Crippen molar-refractivity contribution in [2.45, 2.75) is 25.4 Å². The van der Waals surface area contributed by atoms with Crippen LogP contribution in [0.4, 0.5) is 4.79 Å². The molecule has 0 saturated carbocycles. The number of carbonyl (C=O) groups excluding carboxylic acids is 2. The summed E-state index contributed by atoms with van der Waals surface area (Å²) in [4.78, 5) is 28.0. The van der Waals surface area contributed by atoms with Crippen molar-refractivity contribution in [2.75, 3.05) is 0 Å². The number of imidazole rings is 1. The summed E-state index contributed by atoms with van der Waals surface area (Å²) in [5, 5.41) is 6.14. The summed E-state index contributed by atoms with van der Waals surface area (Å²) in [6.07, 6.45) is 5.36. The molecular formula is C21H22ClN5O2. The molecule has 29 heavy (non-hydrogen) atoms. The number of aromatic nitrogens is 2. The van der Waals surface area contributed by atoms with Gasteiger partial charge in [0.05, 0.1) is 24.8 Å². The fourth-order valence-corrected chi connectivity index (χ4v) is 3.16. The van der Waals surface area contributed by atoms with E-state index in [1.54, 1.807) is 36.8 Å². The van der Waals surface area contributed by atoms with Crippen molar-refractivity contribution in [3.63, 3.8) is 0 Å². The minimum atomic E-state index is -0.694. The van der Waals surface area contributed by atoms with Gasteiger partial charge in [0.1, 0.15) is 0 Å². The highest BCUT2D eigenvalue weighted by atomic mass is 35.5. The monoisotopic (exact) mass is 411 g/mol. The standard InChI is InChI=1S/C21H22ClN5O2/c1-14(15-4-8-18(9-5-15)27-11-10-24-13-27)25-20(28)12-19(26-21(23)29)16-2-6-17(22)7-3-16/h2-11,13-14,19H,12H2,1H3,(H,25,28)(H3,23,26,29)/t14-,19+/m1/s1. The molecule has 2 atom stereocenters. The first-order valence-electron chi connectivity index (χ1n) is 9.11. The number of rotatable bonds is 7. The molecule has 3 rings (SSSR count). The number of halogens is 1. The Morgan fingerprint density at radius 2 is 1.72 bits per heavy atom. The molecule has 150 valence electrons. The van der Waals surface area contributed by atoms with Gasteiger partial charge < -0.3 is 20.9 Å². The molecule has 0 saturated heterocycles. The molecule has 7 nitrogen and oxygen atoms in total. The molecule has 0 spiro atoms. The Morgan fingerprint density at radius 1 is 1.07 bits per heavy atom. The van der Waals surface area contributed by atoms with Crippen LogP contribution in [0.25, 0.3) is 5.69 Å². The van der Waals surface area contributed by atoms with E-state index >= 15 is 0 Å². The number of urea groups is 1. The number of benzene rings is 2. The number of nitrogens with zero attached hydrogens (tertiary/aromatic N) is 2. The minimum absolute atomic E-state index is 0.0576. The predicted octanol–water partition coefficient (Wildman–Crippen LogP) is 3.50. The van der Waals surface area contributed by atoms with Gasteiger partial charge in [-0.15, -0.1) is 0 Å². The SMILES string of the molecule is C[C@@H](NC(=O)C[C@H](NC(N)=O)c1ccc(Cl)cc1)c1ccc(-n2ccnc2)cc1. The van der Waals surface area contributed by atoms with Crippen molar-refractivity contribution in [2.24, 2.45) is 5.73 Å². The molecular weight excluding hydrogens is 390 g/mol. The van der Waals surface area contributed by atoms with E-state index in [0.717, 1.165) is 16.8 Å². The Morgan fingerprint density at radius 3 is 2.31 bits per heavy atom. The lowest BCUT2D eigenvalue weighted by molar-refractivity contribution is -0.122. The van der Waals surface area contributed by atoms with E-state index < -0.39 is 12.1 Å². The van der Waals surface area contributed by atoms with Gasteiger partial charge in [0.2, 0.25) is 5.91 Å². The maximum Gasteiger partial charge on any atom is 0.312 e. The molecule has 0 unspecified atom stereocenters. The first-order valence-corrected chi connectivity index (χ1v) is 9.49. The summed E-state index contributed by atoms with van der Waals surface area (Å²) in [5.41, 5.74) is 7.97. The van der Waals surface area contributed by atoms with Crippen LogP contribution < -0.4 is 16.4 Å². The van der Waals surface area contributed by atoms with Gasteiger partial charge in [-0.2, -0.15) is 0 Å². The summed E-state index contributed by atoms with van der Waals surface area (Å²) in [7, 11) is 0. The largest absolute Gasteiger partial charge is 0.352 e. The highest BCUT2D eigenvalue weighted by molar-refractivity contribution is 6.30. The smallest absolute Gasteiger partial charge is 0.312 e. The zero-order valence-corrected chi connectivity index (χ0v) is 16.6. The van der Waals surface area contributed by atoms with Gasteiger partial charge in [-0.25, -0.2) is 9.78 Å². The number of hydrogen-bond donors (Lipinski definition) is 3. The second-order valence-electron chi connectivity index (χ2n) is 6.67. The van der Waals surface area contributed by atoms with Crippen molar-refractivity contribution in [1.29, 1.82) is 0 Å². The molecule has 3 aromatic rings. The molecule has 0 radical (unpaired) electrons. The molecule has 3 amide bonds. The third-order valence-corrected chi connectivity index (χ3v) is 4.80. The maximum absolute atomic E-state index is 12.6. The third-order valence-electron chi connectivity index (χ3n) is 4.55. The Labute approximate surface area is 173 Å². The van der Waals surface area contributed by atoms with Crippen molar-refractivity contribution in [3.8, 4) is 5.69 Å². The van der Waals surface area contributed by atoms with Crippen LogP contribution in [-0.4, -0.2) is 21.5 Å². The van der Waals surface area contributed by atoms with E-state index in [0.29, 0.717) is 5.02 Å². The van der Waals surface area contributed by atoms with E-state index in [2.05, 4.69) is 15.6 Å². The molecule has 2 aromatic carbocycles. The zero-order chi connectivity index (χ0) is 20.8. The topological polar surface area (TPSA) is 102 Å². The van der Waals surface area contributed by atoms with Crippen LogP contribution in [0.2, 0.25) is 5.02 Å². The van der Waals surface area contributed by atoms with Gasteiger partial charge in [-0.3, -0.25) is 4.79 Å². The normalized spacial score (nSPS) is 12.8. The van der Waals surface area contributed by atoms with Gasteiger partial charge in [0.25, 0.3) is 0 Å². The molecule has 0 aliphatic rings. The summed E-state index contributed by atoms with van der Waals surface area (Å²) < 4.78 is 1.90. The van der Waals surface area contributed by atoms with Crippen molar-refractivity contribution in [3.05, 3.63) is 83.4 Å². The molecule has 0 bridgehead atoms. The summed E-state index contributed by atoms with van der Waals surface area (Å²) in [6.45, 7) is 1.91. The summed E-state index contributed by atoms with van der Waals surface area (Å²) in [5.74, 6) is -0.204. The van der Waals surface area contributed by atoms with E-state index in [-0.39, 0.29) is 18.4 Å². The number of primary amides is 1. The number of hydrogen-bond acceptors (Lipinski definition) is 3. The zero-order valence-electron chi connectivity index (χ0n) is 15.9. The van der Waals surface area contributed by atoms with Crippen LogP contribution in [0, 0.1) is 0 Å². The number of nitrogens with one attached hydrogen (secondary N) is 2. The summed E-state index contributed by atoms with van der Waals surface area (Å²) >= 11 is 5.91. The van der Waals surface area contributed by atoms with Crippen LogP contribution in [-0.2, 0) is 4.79 Å². The fraction of sp³-hybridized carbons (Fsp3) is 0.190. The molecule has 8 heteroatoms. The van der Waals surface area contributed by atoms with Crippen LogP contribution in [0.1, 0.15) is 36.6 Å². The highest BCUT2D eigenvalue weighted by Crippen LogP contribution is 2.21. The second kappa shape index (κ2) is 9.25. The first kappa shape index (κ1) is 20.4. The average Bonchev–Trinajstić information content (AvgIpc) is 3.22. The Hall–Kier alpha value is -3.32. The number of nitrogens with two attached hydrogens (primary N) is 1. The average molecular weight is 412 g/mol. The van der Waals surface area contributed by atoms with Gasteiger partial charge in [-0.05, 0) is 42.3 Å². The molecule has 1 aromatic heterocycles. The maximum atomic E-state index is 12.6. The quantitative estimate of drug-likeness (QED) is 0.554. The number of carbonyl (C=O) groups is 2. The lowest BCUT2D eigenvalue weighted by atomic mass is 10.0. The fourth-order valence-electron chi connectivity index (χ4n) is 3.04. The lowest BCUT2D eigenvalue weighted by Gasteiger charge is -2.20. The van der Waals surface area contributed by atoms with Gasteiger partial charge in [0.15, 0.2) is 0 Å². The van der Waals surface area contributed by atoms with E-state index in [9.17, 15) is 9.59 Å². The van der Waals surface area contributed by atoms with E-state index in [1.807, 2.05) is 42.0 Å². The molecule has 0 aliphatic heterocycles. The van der Waals surface area contributed by atoms with E-state index in [1.165, 1.54) is 0 Å². The van der Waals surface area contributed by atoms with Crippen molar-refractivity contribution < 1.29 is 9.59 Å². The van der Waals surface area contributed by atoms with Gasteiger partial charge in [-0.1, -0.05) is 35.9 Å². The first-order chi connectivity index (χ1) is 13.9. The van der Waals surface area contributed by atoms with Crippen LogP contribution in [0.15, 0.2) is 67.3 Å². The Kier molecular flexibility index (Phi) is 6.51. The van der Waals surface area contributed by atoms with Crippen molar-refractivity contribution in [1.82, 2.24) is 20.2 Å². The van der Waals surface area contributed by atoms with Crippen LogP contribution >= 0.6 is 11.6 Å². The third kappa shape index (κ3) is 5.58. The molecule has 1 heterocycles. The predicted molar refractivity (Wildman–Crippen MR) is 112 cm³/mol. The second-order valence-corrected chi connectivity index (χ2v) is 7.10. The van der Waals surface area contributed by atoms with Crippen molar-refractivity contribution >= 4 is 23.5 Å². The highest BCUT2D eigenvalue weighted by Gasteiger charge is 2.19. The summed E-state index contributed by atoms with van der Waals surface area (Å²) in [6, 6.07) is 13.3. The molecule has 0 aliphatic carbocycles. The van der Waals surface area contributed by atoms with Crippen LogP contribution in [0.5, 0.6) is 0 Å². The minimum Gasteiger partial charge on any atom is -0.352 e. The number of amides is 3.